The van der Waals surface area contributed by atoms with Crippen LogP contribution in [0, 0.1) is 5.92 Å². The highest BCUT2D eigenvalue weighted by atomic mass is 16.5. The van der Waals surface area contributed by atoms with E-state index in [1.807, 2.05) is 31.2 Å². The average molecular weight is 472 g/mol. The van der Waals surface area contributed by atoms with Crippen molar-refractivity contribution in [1.29, 1.82) is 0 Å². The molecule has 3 atom stereocenters. The summed E-state index contributed by atoms with van der Waals surface area (Å²) in [5, 5.41) is 9.81. The Balaban J connectivity index is 2.01. The predicted octanol–water partition coefficient (Wildman–Crippen LogP) is 2.08. The Kier molecular flexibility index (Phi) is 8.46. The van der Waals surface area contributed by atoms with Crippen molar-refractivity contribution in [2.45, 2.75) is 26.0 Å². The number of aliphatic hydroxyl groups is 1. The van der Waals surface area contributed by atoms with Gasteiger partial charge in [-0.15, -0.1) is 0 Å². The van der Waals surface area contributed by atoms with Gasteiger partial charge in [-0.1, -0.05) is 19.1 Å². The third-order valence-corrected chi connectivity index (χ3v) is 6.07. The highest BCUT2D eigenvalue weighted by Gasteiger charge is 2.34. The first-order valence-electron chi connectivity index (χ1n) is 11.2. The molecule has 1 aromatic heterocycles. The summed E-state index contributed by atoms with van der Waals surface area (Å²) in [6.45, 7) is 4.23. The van der Waals surface area contributed by atoms with Crippen LogP contribution < -0.4 is 9.47 Å². The fourth-order valence-corrected chi connectivity index (χ4v) is 3.89. The lowest BCUT2D eigenvalue weighted by Crippen LogP contribution is -2.50. The summed E-state index contributed by atoms with van der Waals surface area (Å²) in [5.41, 5.74) is 1.90. The highest BCUT2D eigenvalue weighted by Crippen LogP contribution is 2.31. The number of methoxy groups -OCH3 is 2. The maximum atomic E-state index is 13.6. The number of aromatic nitrogens is 1. The first kappa shape index (κ1) is 25.5. The van der Waals surface area contributed by atoms with Gasteiger partial charge in [0.05, 0.1) is 26.3 Å². The lowest BCUT2D eigenvalue weighted by molar-refractivity contribution is -0.135. The van der Waals surface area contributed by atoms with Gasteiger partial charge in [0.15, 0.2) is 0 Å². The van der Waals surface area contributed by atoms with Crippen molar-refractivity contribution in [2.75, 3.05) is 47.6 Å². The van der Waals surface area contributed by atoms with E-state index in [1.54, 1.807) is 43.1 Å². The van der Waals surface area contributed by atoms with Gasteiger partial charge in [0.1, 0.15) is 24.0 Å². The maximum absolute atomic E-state index is 13.6. The van der Waals surface area contributed by atoms with Gasteiger partial charge in [0, 0.05) is 38.4 Å². The molecule has 0 radical (unpaired) electrons. The number of nitrogens with zero attached hydrogens (tertiary/aromatic N) is 3. The molecule has 3 rings (SSSR count). The van der Waals surface area contributed by atoms with E-state index in [9.17, 15) is 14.7 Å². The van der Waals surface area contributed by atoms with Gasteiger partial charge < -0.3 is 29.1 Å². The third-order valence-electron chi connectivity index (χ3n) is 6.07. The molecular formula is C25H33N3O6. The number of rotatable bonds is 8. The van der Waals surface area contributed by atoms with Crippen molar-refractivity contribution in [3.05, 3.63) is 42.1 Å². The van der Waals surface area contributed by atoms with Crippen LogP contribution in [0.4, 0.5) is 0 Å². The van der Waals surface area contributed by atoms with Crippen LogP contribution in [0.3, 0.4) is 0 Å². The summed E-state index contributed by atoms with van der Waals surface area (Å²) >= 11 is 0. The summed E-state index contributed by atoms with van der Waals surface area (Å²) in [4.78, 5) is 33.5. The predicted molar refractivity (Wildman–Crippen MR) is 127 cm³/mol. The molecule has 2 aromatic rings. The van der Waals surface area contributed by atoms with E-state index in [1.165, 1.54) is 7.11 Å². The van der Waals surface area contributed by atoms with Gasteiger partial charge in [-0.25, -0.2) is 4.98 Å². The van der Waals surface area contributed by atoms with E-state index < -0.39 is 12.1 Å². The van der Waals surface area contributed by atoms with E-state index in [-0.39, 0.29) is 36.8 Å². The van der Waals surface area contributed by atoms with Crippen molar-refractivity contribution < 1.29 is 28.9 Å². The Morgan fingerprint density at radius 2 is 2.09 bits per heavy atom. The molecule has 1 N–H and O–H groups in total. The zero-order valence-electron chi connectivity index (χ0n) is 20.4. The largest absolute Gasteiger partial charge is 0.497 e. The quantitative estimate of drug-likeness (QED) is 0.629. The molecule has 184 valence electrons. The molecule has 0 spiro atoms. The SMILES string of the molecule is COCC(=O)N(C)C[C@@H]1Oc2ncc(-c3cccc(OC)c3)cc2C(=O)N([C@H](C)CO)C[C@H]1C. The first-order chi connectivity index (χ1) is 16.3. The van der Waals surface area contributed by atoms with Crippen LogP contribution in [0.1, 0.15) is 24.2 Å². The fourth-order valence-electron chi connectivity index (χ4n) is 3.89. The van der Waals surface area contributed by atoms with Crippen molar-refractivity contribution in [3.63, 3.8) is 0 Å². The molecule has 0 saturated heterocycles. The highest BCUT2D eigenvalue weighted by molar-refractivity contribution is 5.98. The Morgan fingerprint density at radius 3 is 2.76 bits per heavy atom. The molecule has 0 fully saturated rings. The molecule has 0 aliphatic carbocycles. The number of pyridine rings is 1. The molecule has 1 aliphatic rings. The number of likely N-dealkylation sites (N-methyl/N-ethyl adjacent to an activating group) is 1. The lowest BCUT2D eigenvalue weighted by atomic mass is 9.99. The van der Waals surface area contributed by atoms with Crippen LogP contribution in [0.5, 0.6) is 11.6 Å². The molecule has 9 nitrogen and oxygen atoms in total. The monoisotopic (exact) mass is 471 g/mol. The standard InChI is InChI=1S/C25H33N3O6/c1-16-12-28(17(2)14-29)25(31)21-10-19(18-7-6-8-20(9-18)33-5)11-26-24(21)34-22(16)13-27(3)23(30)15-32-4/h6-11,16-17,22,29H,12-15H2,1-5H3/t16-,17-,22+/m1/s1. The molecule has 1 aromatic carbocycles. The van der Waals surface area contributed by atoms with Crippen LogP contribution in [-0.2, 0) is 9.53 Å². The Hall–Kier alpha value is -3.17. The van der Waals surface area contributed by atoms with Crippen LogP contribution in [0.2, 0.25) is 0 Å². The average Bonchev–Trinajstić information content (AvgIpc) is 2.85. The van der Waals surface area contributed by atoms with E-state index in [2.05, 4.69) is 4.98 Å². The second kappa shape index (κ2) is 11.3. The molecule has 9 heteroatoms. The maximum Gasteiger partial charge on any atom is 0.259 e. The van der Waals surface area contributed by atoms with Gasteiger partial charge in [0.25, 0.3) is 5.91 Å². The summed E-state index contributed by atoms with van der Waals surface area (Å²) in [7, 11) is 4.76. The molecule has 34 heavy (non-hydrogen) atoms. The zero-order chi connectivity index (χ0) is 24.8. The molecule has 1 aliphatic heterocycles. The molecule has 0 unspecified atom stereocenters. The third kappa shape index (κ3) is 5.66. The zero-order valence-corrected chi connectivity index (χ0v) is 20.4. The minimum absolute atomic E-state index is 0.0253. The second-order valence-electron chi connectivity index (χ2n) is 8.64. The summed E-state index contributed by atoms with van der Waals surface area (Å²) in [6, 6.07) is 8.85. The molecule has 0 bridgehead atoms. The van der Waals surface area contributed by atoms with Crippen LogP contribution in [-0.4, -0.2) is 91.4 Å². The molecule has 2 amide bonds. The number of carbonyl (C=O) groups excluding carboxylic acids is 2. The normalized spacial score (nSPS) is 18.9. The van der Waals surface area contributed by atoms with E-state index in [0.717, 1.165) is 11.1 Å². The number of fused-ring (bicyclic) bond motifs is 1. The van der Waals surface area contributed by atoms with E-state index in [4.69, 9.17) is 14.2 Å². The minimum atomic E-state index is -0.416. The Bertz CT molecular complexity index is 1010. The molecular weight excluding hydrogens is 438 g/mol. The van der Waals surface area contributed by atoms with Gasteiger partial charge in [0.2, 0.25) is 11.8 Å². The van der Waals surface area contributed by atoms with Gasteiger partial charge in [-0.3, -0.25) is 9.59 Å². The fraction of sp³-hybridized carbons (Fsp3) is 0.480. The number of carbonyl (C=O) groups is 2. The summed E-state index contributed by atoms with van der Waals surface area (Å²) in [5.74, 6) is 0.348. The van der Waals surface area contributed by atoms with Crippen molar-refractivity contribution in [1.82, 2.24) is 14.8 Å². The van der Waals surface area contributed by atoms with Crippen LogP contribution in [0.15, 0.2) is 36.5 Å². The topological polar surface area (TPSA) is 101 Å². The van der Waals surface area contributed by atoms with Gasteiger partial charge >= 0.3 is 0 Å². The summed E-state index contributed by atoms with van der Waals surface area (Å²) in [6.07, 6.45) is 1.24. The summed E-state index contributed by atoms with van der Waals surface area (Å²) < 4.78 is 16.5. The number of amides is 2. The van der Waals surface area contributed by atoms with E-state index >= 15 is 0 Å². The van der Waals surface area contributed by atoms with Gasteiger partial charge in [-0.05, 0) is 30.7 Å². The number of hydrogen-bond donors (Lipinski definition) is 1. The van der Waals surface area contributed by atoms with Crippen molar-refractivity contribution in [3.8, 4) is 22.8 Å². The second-order valence-corrected chi connectivity index (χ2v) is 8.64. The Morgan fingerprint density at radius 1 is 1.32 bits per heavy atom. The lowest BCUT2D eigenvalue weighted by Gasteiger charge is -2.37. The molecule has 2 heterocycles. The first-order valence-corrected chi connectivity index (χ1v) is 11.2. The Labute approximate surface area is 200 Å². The van der Waals surface area contributed by atoms with Crippen molar-refractivity contribution in [2.24, 2.45) is 5.92 Å². The number of ether oxygens (including phenoxy) is 3. The van der Waals surface area contributed by atoms with Crippen LogP contribution >= 0.6 is 0 Å². The minimum Gasteiger partial charge on any atom is -0.497 e. The number of benzene rings is 1. The number of aliphatic hydroxyl groups excluding tert-OH is 1. The smallest absolute Gasteiger partial charge is 0.259 e. The van der Waals surface area contributed by atoms with E-state index in [0.29, 0.717) is 24.4 Å². The van der Waals surface area contributed by atoms with Gasteiger partial charge in [-0.2, -0.15) is 0 Å². The number of hydrogen-bond acceptors (Lipinski definition) is 7. The van der Waals surface area contributed by atoms with Crippen LogP contribution in [0.25, 0.3) is 11.1 Å². The molecule has 0 saturated carbocycles. The van der Waals surface area contributed by atoms with Crippen molar-refractivity contribution >= 4 is 11.8 Å².